The molecule has 0 bridgehead atoms. The average molecular weight is 393 g/mol. The van der Waals surface area contributed by atoms with E-state index >= 15 is 0 Å². The van der Waals surface area contributed by atoms with E-state index < -0.39 is 0 Å². The molecule has 6 heteroatoms. The first kappa shape index (κ1) is 15.8. The lowest BCUT2D eigenvalue weighted by Gasteiger charge is -1.99. The Morgan fingerprint density at radius 2 is 2.22 bits per heavy atom. The van der Waals surface area contributed by atoms with Crippen molar-refractivity contribution < 1.29 is 28.5 Å². The predicted octanol–water partition coefficient (Wildman–Crippen LogP) is -0.0742. The van der Waals surface area contributed by atoms with E-state index in [2.05, 4.69) is 27.9 Å². The van der Waals surface area contributed by atoms with Crippen LogP contribution < -0.4 is 28.5 Å². The van der Waals surface area contributed by atoms with Crippen LogP contribution in [0.3, 0.4) is 0 Å². The van der Waals surface area contributed by atoms with Gasteiger partial charge in [0.05, 0.1) is 17.3 Å². The van der Waals surface area contributed by atoms with Crippen molar-refractivity contribution in [2.24, 2.45) is 7.05 Å². The molecule has 0 aliphatic rings. The zero-order valence-corrected chi connectivity index (χ0v) is 14.3. The number of nitrogens with zero attached hydrogens (tertiary/aromatic N) is 3. The molecule has 0 amide bonds. The van der Waals surface area contributed by atoms with Gasteiger partial charge in [-0.1, -0.05) is 13.3 Å². The van der Waals surface area contributed by atoms with Crippen LogP contribution in [0.5, 0.6) is 0 Å². The number of halogens is 1. The molecule has 0 aliphatic carbocycles. The molecule has 0 aliphatic heterocycles. The summed E-state index contributed by atoms with van der Waals surface area (Å²) in [6.07, 6.45) is 6.55. The second-order valence-electron chi connectivity index (χ2n) is 3.88. The highest BCUT2D eigenvalue weighted by molar-refractivity contribution is 7.99. The van der Waals surface area contributed by atoms with Gasteiger partial charge in [0, 0.05) is 6.07 Å². The number of thioether (sulfide) groups is 1. The van der Waals surface area contributed by atoms with Crippen LogP contribution >= 0.6 is 23.5 Å². The Hall–Kier alpha value is -0.210. The first-order valence-electron chi connectivity index (χ1n) is 5.72. The van der Waals surface area contributed by atoms with Crippen molar-refractivity contribution in [1.82, 2.24) is 8.75 Å². The van der Waals surface area contributed by atoms with Gasteiger partial charge in [-0.2, -0.15) is 8.75 Å². The second kappa shape index (κ2) is 8.06. The quantitative estimate of drug-likeness (QED) is 0.308. The van der Waals surface area contributed by atoms with Crippen LogP contribution in [-0.2, 0) is 7.05 Å². The lowest BCUT2D eigenvalue weighted by molar-refractivity contribution is -0.671. The second-order valence-corrected chi connectivity index (χ2v) is 5.49. The third-order valence-electron chi connectivity index (χ3n) is 2.41. The minimum Gasteiger partial charge on any atom is -1.00 e. The van der Waals surface area contributed by atoms with Gasteiger partial charge in [-0.15, -0.1) is 11.8 Å². The Balaban J connectivity index is 0.00000162. The molecule has 0 radical (unpaired) electrons. The van der Waals surface area contributed by atoms with Crippen LogP contribution in [0, 0.1) is 0 Å². The Morgan fingerprint density at radius 3 is 2.94 bits per heavy atom. The van der Waals surface area contributed by atoms with Crippen LogP contribution in [0.15, 0.2) is 29.6 Å². The molecular weight excluding hydrogens is 377 g/mol. The van der Waals surface area contributed by atoms with E-state index in [0.29, 0.717) is 0 Å². The van der Waals surface area contributed by atoms with Crippen molar-refractivity contribution in [3.63, 3.8) is 0 Å². The van der Waals surface area contributed by atoms with Gasteiger partial charge in [-0.05, 0) is 18.2 Å². The minimum atomic E-state index is 0. The summed E-state index contributed by atoms with van der Waals surface area (Å²) in [6.45, 7) is 2.21. The van der Waals surface area contributed by atoms with Gasteiger partial charge in [0.15, 0.2) is 12.4 Å². The van der Waals surface area contributed by atoms with Gasteiger partial charge >= 0.3 is 0 Å². The van der Waals surface area contributed by atoms with Gasteiger partial charge in [0.2, 0.25) is 0 Å². The van der Waals surface area contributed by atoms with E-state index in [1.165, 1.54) is 24.6 Å². The SMILES string of the molecule is CCCCSc1nsnc1-c1ccc[n+](C)c1.[I-]. The fourth-order valence-corrected chi connectivity index (χ4v) is 3.26. The number of rotatable bonds is 5. The zero-order chi connectivity index (χ0) is 12.1. The Bertz CT molecular complexity index is 488. The summed E-state index contributed by atoms with van der Waals surface area (Å²) < 4.78 is 10.8. The van der Waals surface area contributed by atoms with E-state index in [1.807, 2.05) is 23.9 Å². The topological polar surface area (TPSA) is 29.7 Å². The molecule has 2 aromatic heterocycles. The van der Waals surface area contributed by atoms with Crippen molar-refractivity contribution in [1.29, 1.82) is 0 Å². The van der Waals surface area contributed by atoms with E-state index in [-0.39, 0.29) is 24.0 Å². The van der Waals surface area contributed by atoms with Gasteiger partial charge in [-0.3, -0.25) is 0 Å². The maximum atomic E-state index is 4.40. The minimum absolute atomic E-state index is 0. The number of unbranched alkanes of at least 4 members (excludes halogenated alkanes) is 1. The standard InChI is InChI=1S/C12H16N3S2.HI/c1-3-4-8-16-12-11(13-17-14-12)10-6-5-7-15(2)9-10;/h5-7,9H,3-4,8H2,1-2H3;1H/q+1;/p-1. The van der Waals surface area contributed by atoms with Crippen LogP contribution in [0.25, 0.3) is 11.3 Å². The summed E-state index contributed by atoms with van der Waals surface area (Å²) in [5, 5.41) is 1.06. The Morgan fingerprint density at radius 1 is 1.39 bits per heavy atom. The van der Waals surface area contributed by atoms with Crippen molar-refractivity contribution in [2.75, 3.05) is 5.75 Å². The predicted molar refractivity (Wildman–Crippen MR) is 72.2 cm³/mol. The highest BCUT2D eigenvalue weighted by atomic mass is 127. The molecule has 0 atom stereocenters. The summed E-state index contributed by atoms with van der Waals surface area (Å²) in [5.41, 5.74) is 2.16. The highest BCUT2D eigenvalue weighted by Gasteiger charge is 2.12. The molecule has 98 valence electrons. The summed E-state index contributed by atoms with van der Waals surface area (Å²) in [7, 11) is 2.02. The van der Waals surface area contributed by atoms with Gasteiger partial charge in [0.25, 0.3) is 0 Å². The Labute approximate surface area is 133 Å². The van der Waals surface area contributed by atoms with Gasteiger partial charge < -0.3 is 24.0 Å². The van der Waals surface area contributed by atoms with Crippen LogP contribution in [0.2, 0.25) is 0 Å². The number of hydrogen-bond acceptors (Lipinski definition) is 4. The smallest absolute Gasteiger partial charge is 0.178 e. The molecule has 0 saturated heterocycles. The van der Waals surface area contributed by atoms with E-state index in [4.69, 9.17) is 0 Å². The van der Waals surface area contributed by atoms with Gasteiger partial charge in [0.1, 0.15) is 17.8 Å². The largest absolute Gasteiger partial charge is 1.00 e. The zero-order valence-electron chi connectivity index (χ0n) is 10.5. The van der Waals surface area contributed by atoms with E-state index in [0.717, 1.165) is 22.0 Å². The molecule has 2 rings (SSSR count). The summed E-state index contributed by atoms with van der Waals surface area (Å²) in [5.74, 6) is 1.12. The lowest BCUT2D eigenvalue weighted by atomic mass is 10.2. The fraction of sp³-hybridized carbons (Fsp3) is 0.417. The van der Waals surface area contributed by atoms with Crippen molar-refractivity contribution >= 4 is 23.5 Å². The third kappa shape index (κ3) is 4.17. The fourth-order valence-electron chi connectivity index (χ4n) is 1.49. The van der Waals surface area contributed by atoms with Gasteiger partial charge in [-0.25, -0.2) is 4.57 Å². The number of aromatic nitrogens is 3. The van der Waals surface area contributed by atoms with Crippen LogP contribution in [-0.4, -0.2) is 14.5 Å². The molecule has 0 N–H and O–H groups in total. The van der Waals surface area contributed by atoms with E-state index in [1.54, 1.807) is 11.8 Å². The molecule has 0 aromatic carbocycles. The molecule has 0 fully saturated rings. The molecular formula is C12H16IN3S2. The van der Waals surface area contributed by atoms with Crippen LogP contribution in [0.4, 0.5) is 0 Å². The normalized spacial score (nSPS) is 10.1. The van der Waals surface area contributed by atoms with E-state index in [9.17, 15) is 0 Å². The average Bonchev–Trinajstić information content (AvgIpc) is 2.78. The third-order valence-corrected chi connectivity index (χ3v) is 4.10. The summed E-state index contributed by atoms with van der Waals surface area (Å²) in [4.78, 5) is 0. The molecule has 3 nitrogen and oxygen atoms in total. The number of pyridine rings is 1. The molecule has 0 saturated carbocycles. The summed E-state index contributed by atoms with van der Waals surface area (Å²) >= 11 is 3.10. The molecule has 0 unspecified atom stereocenters. The maximum absolute atomic E-state index is 4.40. The first-order valence-corrected chi connectivity index (χ1v) is 7.44. The van der Waals surface area contributed by atoms with Crippen molar-refractivity contribution in [3.05, 3.63) is 24.5 Å². The van der Waals surface area contributed by atoms with Crippen molar-refractivity contribution in [3.8, 4) is 11.3 Å². The lowest BCUT2D eigenvalue weighted by Crippen LogP contribution is -3.00. The molecule has 18 heavy (non-hydrogen) atoms. The Kier molecular flexibility index (Phi) is 7.10. The molecule has 2 heterocycles. The highest BCUT2D eigenvalue weighted by Crippen LogP contribution is 2.29. The molecule has 2 aromatic rings. The first-order chi connectivity index (χ1) is 8.31. The maximum Gasteiger partial charge on any atom is 0.178 e. The molecule has 0 spiro atoms. The number of hydrogen-bond donors (Lipinski definition) is 0. The monoisotopic (exact) mass is 393 g/mol. The van der Waals surface area contributed by atoms with Crippen molar-refractivity contribution in [2.45, 2.75) is 24.8 Å². The van der Waals surface area contributed by atoms with Crippen LogP contribution in [0.1, 0.15) is 19.8 Å². The summed E-state index contributed by atoms with van der Waals surface area (Å²) in [6, 6.07) is 4.12. The number of aryl methyl sites for hydroxylation is 1.